The Morgan fingerprint density at radius 2 is 2.06 bits per heavy atom. The molecule has 0 radical (unpaired) electrons. The normalized spacial score (nSPS) is 17.6. The molecule has 4 rings (SSSR count). The molecular weight excluding hydrogens is 426 g/mol. The number of fused-ring (bicyclic) bond motifs is 3. The first kappa shape index (κ1) is 23.4. The van der Waals surface area contributed by atoms with Crippen molar-refractivity contribution >= 4 is 29.1 Å². The molecule has 0 saturated heterocycles. The summed E-state index contributed by atoms with van der Waals surface area (Å²) in [7, 11) is 5.53. The molecule has 0 bridgehead atoms. The summed E-state index contributed by atoms with van der Waals surface area (Å²) < 4.78 is 0. The van der Waals surface area contributed by atoms with Crippen LogP contribution in [0.3, 0.4) is 0 Å². The lowest BCUT2D eigenvalue weighted by Crippen LogP contribution is -2.39. The van der Waals surface area contributed by atoms with Gasteiger partial charge in [-0.2, -0.15) is 0 Å². The molecule has 1 atom stereocenters. The lowest BCUT2D eigenvalue weighted by molar-refractivity contribution is -0.119. The third-order valence-electron chi connectivity index (χ3n) is 6.41. The second kappa shape index (κ2) is 10.0. The van der Waals surface area contributed by atoms with E-state index in [0.717, 1.165) is 35.4 Å². The van der Waals surface area contributed by atoms with E-state index in [1.54, 1.807) is 7.05 Å². The van der Waals surface area contributed by atoms with Crippen molar-refractivity contribution in [1.82, 2.24) is 26.2 Å². The zero-order valence-electron chi connectivity index (χ0n) is 20.2. The Bertz CT molecular complexity index is 1150. The van der Waals surface area contributed by atoms with E-state index < -0.39 is 0 Å². The highest BCUT2D eigenvalue weighted by atomic mass is 16.1. The largest absolute Gasteiger partial charge is 0.393 e. The number of anilines is 1. The molecule has 0 fully saturated rings. The van der Waals surface area contributed by atoms with Crippen molar-refractivity contribution in [3.63, 3.8) is 0 Å². The number of nitrogens with zero attached hydrogens (tertiary/aromatic N) is 2. The number of benzene rings is 2. The van der Waals surface area contributed by atoms with Gasteiger partial charge in [-0.15, -0.1) is 5.53 Å². The van der Waals surface area contributed by atoms with E-state index in [-0.39, 0.29) is 11.9 Å². The first-order chi connectivity index (χ1) is 16.4. The summed E-state index contributed by atoms with van der Waals surface area (Å²) >= 11 is 0. The molecular formula is C26H33N7O. The smallest absolute Gasteiger partial charge is 0.224 e. The van der Waals surface area contributed by atoms with Gasteiger partial charge in [0.25, 0.3) is 0 Å². The molecule has 0 aliphatic carbocycles. The lowest BCUT2D eigenvalue weighted by atomic mass is 9.92. The molecule has 1 amide bonds. The number of carbonyl (C=O) groups excluding carboxylic acids is 1. The van der Waals surface area contributed by atoms with Gasteiger partial charge in [0.2, 0.25) is 5.91 Å². The summed E-state index contributed by atoms with van der Waals surface area (Å²) in [5, 5.41) is 21.6. The third-order valence-corrected chi connectivity index (χ3v) is 6.41. The number of hydrazine groups is 2. The Labute approximate surface area is 201 Å². The van der Waals surface area contributed by atoms with E-state index >= 15 is 0 Å². The van der Waals surface area contributed by atoms with E-state index in [4.69, 9.17) is 5.41 Å². The Hall–Kier alpha value is -3.78. The molecule has 2 aromatic rings. The number of allylic oxidation sites excluding steroid dienone is 2. The SMILES string of the molecule is CN/C=C(\C=N)c1ccc2c(c1)C(Nc1cccc(CC(=O)NC)c1)CCN1NN(C)C(C)=C21. The van der Waals surface area contributed by atoms with Crippen LogP contribution in [0.5, 0.6) is 0 Å². The Balaban J connectivity index is 1.76. The summed E-state index contributed by atoms with van der Waals surface area (Å²) in [6.45, 7) is 2.96. The van der Waals surface area contributed by atoms with E-state index in [1.165, 1.54) is 28.7 Å². The minimum absolute atomic E-state index is 0.00432. The first-order valence-corrected chi connectivity index (χ1v) is 11.5. The van der Waals surface area contributed by atoms with Crippen LogP contribution in [0, 0.1) is 5.41 Å². The average molecular weight is 460 g/mol. The topological polar surface area (TPSA) is 95.5 Å². The van der Waals surface area contributed by atoms with Gasteiger partial charge in [0, 0.05) is 56.9 Å². The van der Waals surface area contributed by atoms with Gasteiger partial charge in [-0.25, -0.2) is 0 Å². The summed E-state index contributed by atoms with van der Waals surface area (Å²) in [5.74, 6) is -0.00432. The van der Waals surface area contributed by atoms with Crippen LogP contribution < -0.4 is 21.5 Å². The summed E-state index contributed by atoms with van der Waals surface area (Å²) in [5.41, 5.74) is 11.9. The van der Waals surface area contributed by atoms with Gasteiger partial charge in [-0.3, -0.25) is 14.8 Å². The molecule has 34 heavy (non-hydrogen) atoms. The number of carbonyl (C=O) groups is 1. The van der Waals surface area contributed by atoms with Crippen LogP contribution in [0.25, 0.3) is 11.3 Å². The number of nitrogens with one attached hydrogen (secondary N) is 5. The van der Waals surface area contributed by atoms with Crippen LogP contribution in [0.4, 0.5) is 5.69 Å². The van der Waals surface area contributed by atoms with Gasteiger partial charge in [0.15, 0.2) is 0 Å². The maximum Gasteiger partial charge on any atom is 0.224 e. The van der Waals surface area contributed by atoms with Crippen LogP contribution >= 0.6 is 0 Å². The van der Waals surface area contributed by atoms with Crippen LogP contribution in [0.15, 0.2) is 54.4 Å². The average Bonchev–Trinajstić information content (AvgIpc) is 3.03. The zero-order valence-corrected chi connectivity index (χ0v) is 20.2. The highest BCUT2D eigenvalue weighted by Gasteiger charge is 2.32. The van der Waals surface area contributed by atoms with Crippen LogP contribution in [-0.4, -0.2) is 49.8 Å². The van der Waals surface area contributed by atoms with Crippen molar-refractivity contribution in [2.45, 2.75) is 25.8 Å². The maximum absolute atomic E-state index is 11.9. The Morgan fingerprint density at radius 3 is 2.79 bits per heavy atom. The predicted octanol–water partition coefficient (Wildman–Crippen LogP) is 3.10. The number of amides is 1. The minimum Gasteiger partial charge on any atom is -0.393 e. The molecule has 2 aliphatic heterocycles. The molecule has 178 valence electrons. The van der Waals surface area contributed by atoms with E-state index in [1.807, 2.05) is 49.6 Å². The van der Waals surface area contributed by atoms with Crippen LogP contribution in [0.2, 0.25) is 0 Å². The first-order valence-electron chi connectivity index (χ1n) is 11.5. The van der Waals surface area contributed by atoms with Gasteiger partial charge in [0.1, 0.15) is 0 Å². The summed E-state index contributed by atoms with van der Waals surface area (Å²) in [6, 6.07) is 14.5. The van der Waals surface area contributed by atoms with Gasteiger partial charge in [-0.1, -0.05) is 24.3 Å². The molecule has 8 nitrogen and oxygen atoms in total. The Morgan fingerprint density at radius 1 is 1.24 bits per heavy atom. The van der Waals surface area contributed by atoms with Gasteiger partial charge < -0.3 is 21.4 Å². The summed E-state index contributed by atoms with van der Waals surface area (Å²) in [6.07, 6.45) is 4.45. The molecule has 2 aromatic carbocycles. The molecule has 0 aromatic heterocycles. The molecule has 5 N–H and O–H groups in total. The van der Waals surface area contributed by atoms with Crippen molar-refractivity contribution in [2.24, 2.45) is 0 Å². The van der Waals surface area contributed by atoms with Crippen molar-refractivity contribution < 1.29 is 4.79 Å². The minimum atomic E-state index is -0.00432. The maximum atomic E-state index is 11.9. The van der Waals surface area contributed by atoms with Gasteiger partial charge in [-0.05, 0) is 48.2 Å². The number of hydrogen-bond donors (Lipinski definition) is 5. The molecule has 0 spiro atoms. The highest BCUT2D eigenvalue weighted by molar-refractivity contribution is 6.08. The van der Waals surface area contributed by atoms with E-state index in [0.29, 0.717) is 6.42 Å². The standard InChI is InChI=1S/C26H33N7O/c1-17-26-22-9-8-19(20(15-27)16-28-2)14-23(22)24(10-11-33(26)31-32(17)4)30-21-7-5-6-18(12-21)13-25(34)29-3/h5-9,12,14-16,24,27-28,30-31H,10-11,13H2,1-4H3,(H,29,34)/b20-16+,27-15?. The predicted molar refractivity (Wildman–Crippen MR) is 138 cm³/mol. The third kappa shape index (κ3) is 4.63. The Kier molecular flexibility index (Phi) is 6.88. The molecule has 1 unspecified atom stereocenters. The fourth-order valence-corrected chi connectivity index (χ4v) is 4.58. The quantitative estimate of drug-likeness (QED) is 0.409. The van der Waals surface area contributed by atoms with E-state index in [2.05, 4.69) is 51.6 Å². The molecule has 2 heterocycles. The second-order valence-electron chi connectivity index (χ2n) is 8.62. The number of rotatable bonds is 7. The second-order valence-corrected chi connectivity index (χ2v) is 8.62. The number of hydrogen-bond acceptors (Lipinski definition) is 7. The van der Waals surface area contributed by atoms with Gasteiger partial charge in [0.05, 0.1) is 23.9 Å². The zero-order chi connectivity index (χ0) is 24.2. The van der Waals surface area contributed by atoms with Crippen LogP contribution in [0.1, 0.15) is 41.6 Å². The van der Waals surface area contributed by atoms with Crippen LogP contribution in [-0.2, 0) is 11.2 Å². The summed E-state index contributed by atoms with van der Waals surface area (Å²) in [4.78, 5) is 11.9. The van der Waals surface area contributed by atoms with Crippen molar-refractivity contribution in [3.05, 3.63) is 76.6 Å². The highest BCUT2D eigenvalue weighted by Crippen LogP contribution is 2.39. The fraction of sp³-hybridized carbons (Fsp3) is 0.308. The van der Waals surface area contributed by atoms with Crippen molar-refractivity contribution in [3.8, 4) is 0 Å². The molecule has 0 saturated carbocycles. The monoisotopic (exact) mass is 459 g/mol. The molecule has 8 heteroatoms. The number of likely N-dealkylation sites (N-methyl/N-ethyl adjacent to an activating group) is 1. The van der Waals surface area contributed by atoms with Crippen molar-refractivity contribution in [2.75, 3.05) is 33.0 Å². The van der Waals surface area contributed by atoms with Gasteiger partial charge >= 0.3 is 0 Å². The molecule has 2 aliphatic rings. The fourth-order valence-electron chi connectivity index (χ4n) is 4.58. The van der Waals surface area contributed by atoms with E-state index in [9.17, 15) is 4.79 Å². The van der Waals surface area contributed by atoms with Crippen molar-refractivity contribution in [1.29, 1.82) is 5.41 Å². The lowest BCUT2D eigenvalue weighted by Gasteiger charge is -2.23.